The molecule has 0 unspecified atom stereocenters. The molecule has 0 saturated heterocycles. The van der Waals surface area contributed by atoms with Crippen LogP contribution >= 0.6 is 0 Å². The summed E-state index contributed by atoms with van der Waals surface area (Å²) in [5.41, 5.74) is 13.0. The monoisotopic (exact) mass is 363 g/mol. The average molecular weight is 363 g/mol. The van der Waals surface area contributed by atoms with Crippen molar-refractivity contribution in [2.45, 2.75) is 45.4 Å². The van der Waals surface area contributed by atoms with Crippen molar-refractivity contribution >= 4 is 17.5 Å². The molecule has 0 bridgehead atoms. The highest BCUT2D eigenvalue weighted by atomic mass is 16.5. The van der Waals surface area contributed by atoms with Gasteiger partial charge < -0.3 is 15.8 Å². The summed E-state index contributed by atoms with van der Waals surface area (Å²) in [5.74, 6) is 0.188. The minimum absolute atomic E-state index is 0.277. The van der Waals surface area contributed by atoms with Gasteiger partial charge in [-0.05, 0) is 50.7 Å². The number of esters is 1. The van der Waals surface area contributed by atoms with Gasteiger partial charge in [0.1, 0.15) is 5.82 Å². The number of fused-ring (bicyclic) bond motifs is 2. The van der Waals surface area contributed by atoms with Gasteiger partial charge in [-0.3, -0.25) is 0 Å². The van der Waals surface area contributed by atoms with E-state index < -0.39 is 0 Å². The lowest BCUT2D eigenvalue weighted by molar-refractivity contribution is -0.138. The number of nitrogens with one attached hydrogen (secondary N) is 1. The minimum Gasteiger partial charge on any atom is -0.463 e. The Hall–Kier alpha value is -2.82. The Bertz CT molecular complexity index is 919. The van der Waals surface area contributed by atoms with Gasteiger partial charge in [0.15, 0.2) is 0 Å². The van der Waals surface area contributed by atoms with E-state index in [2.05, 4.69) is 5.32 Å². The first-order valence-electron chi connectivity index (χ1n) is 9.62. The third-order valence-corrected chi connectivity index (χ3v) is 5.47. The molecule has 3 N–H and O–H groups in total. The maximum atomic E-state index is 12.8. The predicted octanol–water partition coefficient (Wildman–Crippen LogP) is 3.94. The molecule has 4 rings (SSSR count). The zero-order valence-corrected chi connectivity index (χ0v) is 15.8. The van der Waals surface area contributed by atoms with Crippen molar-refractivity contribution in [3.63, 3.8) is 0 Å². The number of anilines is 2. The van der Waals surface area contributed by atoms with Crippen LogP contribution in [0.25, 0.3) is 0 Å². The number of carbonyl (C=O) groups is 1. The summed E-state index contributed by atoms with van der Waals surface area (Å²) in [5, 5.41) is 3.33. The summed E-state index contributed by atoms with van der Waals surface area (Å²) >= 11 is 0. The third-order valence-electron chi connectivity index (χ3n) is 5.47. The number of hydrogen-bond acceptors (Lipinski definition) is 5. The van der Waals surface area contributed by atoms with Crippen LogP contribution in [-0.2, 0) is 22.4 Å². The summed E-state index contributed by atoms with van der Waals surface area (Å²) in [6.45, 7) is 4.06. The van der Waals surface area contributed by atoms with Crippen LogP contribution in [0, 0.1) is 0 Å². The number of aromatic nitrogens is 1. The van der Waals surface area contributed by atoms with Crippen molar-refractivity contribution in [1.82, 2.24) is 4.98 Å². The zero-order chi connectivity index (χ0) is 19.0. The lowest BCUT2D eigenvalue weighted by atomic mass is 9.79. The van der Waals surface area contributed by atoms with Crippen LogP contribution in [0.15, 0.2) is 41.6 Å². The molecule has 1 aromatic heterocycles. The Morgan fingerprint density at radius 3 is 2.74 bits per heavy atom. The number of nitrogens with two attached hydrogens (primary N) is 1. The van der Waals surface area contributed by atoms with Crippen molar-refractivity contribution in [3.05, 3.63) is 64.0 Å². The second-order valence-corrected chi connectivity index (χ2v) is 7.15. The summed E-state index contributed by atoms with van der Waals surface area (Å²) in [7, 11) is 0. The second kappa shape index (κ2) is 7.06. The van der Waals surface area contributed by atoms with E-state index in [0.717, 1.165) is 65.3 Å². The van der Waals surface area contributed by atoms with E-state index in [1.54, 1.807) is 0 Å². The fourth-order valence-electron chi connectivity index (χ4n) is 4.24. The largest absolute Gasteiger partial charge is 0.463 e. The molecule has 140 valence electrons. The van der Waals surface area contributed by atoms with Crippen LogP contribution in [0.5, 0.6) is 0 Å². The molecule has 2 heterocycles. The van der Waals surface area contributed by atoms with Crippen molar-refractivity contribution in [2.75, 3.05) is 17.7 Å². The summed E-state index contributed by atoms with van der Waals surface area (Å²) < 4.78 is 5.37. The van der Waals surface area contributed by atoms with Crippen LogP contribution in [0.3, 0.4) is 0 Å². The number of allylic oxidation sites excluding steroid dienone is 1. The third kappa shape index (κ3) is 2.97. The SMILES string of the molecule is CCOC(=O)C1=C(C)Nc2nc3c(c(N)c2[C@H]1c1ccccc1)CCCC3. The van der Waals surface area contributed by atoms with Gasteiger partial charge >= 0.3 is 5.97 Å². The molecule has 27 heavy (non-hydrogen) atoms. The van der Waals surface area contributed by atoms with E-state index in [0.29, 0.717) is 12.2 Å². The topological polar surface area (TPSA) is 77.2 Å². The predicted molar refractivity (Wildman–Crippen MR) is 107 cm³/mol. The van der Waals surface area contributed by atoms with E-state index in [1.807, 2.05) is 44.2 Å². The molecule has 0 fully saturated rings. The Labute approximate surface area is 159 Å². The number of rotatable bonds is 3. The van der Waals surface area contributed by atoms with Gasteiger partial charge in [-0.25, -0.2) is 9.78 Å². The van der Waals surface area contributed by atoms with Gasteiger partial charge in [0.2, 0.25) is 0 Å². The zero-order valence-electron chi connectivity index (χ0n) is 15.8. The van der Waals surface area contributed by atoms with Gasteiger partial charge in [-0.15, -0.1) is 0 Å². The first-order chi connectivity index (χ1) is 13.1. The van der Waals surface area contributed by atoms with Crippen LogP contribution in [-0.4, -0.2) is 17.6 Å². The molecule has 1 atom stereocenters. The highest BCUT2D eigenvalue weighted by Crippen LogP contribution is 2.46. The molecule has 5 heteroatoms. The van der Waals surface area contributed by atoms with Crippen LogP contribution in [0.2, 0.25) is 0 Å². The van der Waals surface area contributed by atoms with E-state index >= 15 is 0 Å². The van der Waals surface area contributed by atoms with Gasteiger partial charge in [0, 0.05) is 28.6 Å². The number of ether oxygens (including phenoxy) is 1. The van der Waals surface area contributed by atoms with Crippen molar-refractivity contribution < 1.29 is 9.53 Å². The average Bonchev–Trinajstić information content (AvgIpc) is 2.68. The summed E-state index contributed by atoms with van der Waals surface area (Å²) in [4.78, 5) is 17.7. The summed E-state index contributed by atoms with van der Waals surface area (Å²) in [6, 6.07) is 10.0. The first kappa shape index (κ1) is 17.6. The molecule has 0 spiro atoms. The number of benzene rings is 1. The van der Waals surface area contributed by atoms with Gasteiger partial charge in [-0.2, -0.15) is 0 Å². The number of nitrogens with zero attached hydrogens (tertiary/aromatic N) is 1. The number of carbonyl (C=O) groups excluding carboxylic acids is 1. The maximum Gasteiger partial charge on any atom is 0.336 e. The Morgan fingerprint density at radius 1 is 1.26 bits per heavy atom. The van der Waals surface area contributed by atoms with Crippen molar-refractivity contribution in [3.8, 4) is 0 Å². The Balaban J connectivity index is 1.95. The van der Waals surface area contributed by atoms with E-state index in [1.165, 1.54) is 0 Å². The molecule has 0 radical (unpaired) electrons. The molecule has 2 aliphatic rings. The molecule has 1 aliphatic heterocycles. The van der Waals surface area contributed by atoms with Crippen LogP contribution in [0.1, 0.15) is 55.0 Å². The molecule has 5 nitrogen and oxygen atoms in total. The molecule has 0 amide bonds. The molecular weight excluding hydrogens is 338 g/mol. The number of pyridine rings is 1. The standard InChI is InChI=1S/C22H25N3O2/c1-3-27-22(26)17-13(2)24-21-19(18(17)14-9-5-4-6-10-14)20(23)15-11-7-8-12-16(15)25-21/h4-6,9-10,18H,3,7-8,11-12H2,1-2H3,(H3,23,24,25)/t18-/m0/s1. The normalized spacial score (nSPS) is 18.4. The molecule has 2 aromatic rings. The fraction of sp³-hybridized carbons (Fsp3) is 0.364. The first-order valence-corrected chi connectivity index (χ1v) is 9.62. The van der Waals surface area contributed by atoms with Gasteiger partial charge in [-0.1, -0.05) is 30.3 Å². The van der Waals surface area contributed by atoms with Crippen LogP contribution < -0.4 is 11.1 Å². The Morgan fingerprint density at radius 2 is 2.00 bits per heavy atom. The number of nitrogen functional groups attached to an aromatic ring is 1. The smallest absolute Gasteiger partial charge is 0.336 e. The van der Waals surface area contributed by atoms with Gasteiger partial charge in [0.25, 0.3) is 0 Å². The summed E-state index contributed by atoms with van der Waals surface area (Å²) in [6.07, 6.45) is 4.17. The lowest BCUT2D eigenvalue weighted by Crippen LogP contribution is -2.27. The molecular formula is C22H25N3O2. The van der Waals surface area contributed by atoms with E-state index in [9.17, 15) is 4.79 Å². The minimum atomic E-state index is -0.306. The maximum absolute atomic E-state index is 12.8. The van der Waals surface area contributed by atoms with Gasteiger partial charge in [0.05, 0.1) is 12.2 Å². The van der Waals surface area contributed by atoms with E-state index in [-0.39, 0.29) is 11.9 Å². The highest BCUT2D eigenvalue weighted by Gasteiger charge is 2.36. The number of aryl methyl sites for hydroxylation is 1. The van der Waals surface area contributed by atoms with E-state index in [4.69, 9.17) is 15.5 Å². The highest BCUT2D eigenvalue weighted by molar-refractivity contribution is 5.95. The Kier molecular flexibility index (Phi) is 4.60. The molecule has 0 saturated carbocycles. The molecule has 1 aliphatic carbocycles. The second-order valence-electron chi connectivity index (χ2n) is 7.15. The van der Waals surface area contributed by atoms with Crippen molar-refractivity contribution in [1.29, 1.82) is 0 Å². The lowest BCUT2D eigenvalue weighted by Gasteiger charge is -2.32. The van der Waals surface area contributed by atoms with Crippen LogP contribution in [0.4, 0.5) is 11.5 Å². The van der Waals surface area contributed by atoms with Crippen molar-refractivity contribution in [2.24, 2.45) is 0 Å². The number of hydrogen-bond donors (Lipinski definition) is 2. The fourth-order valence-corrected chi connectivity index (χ4v) is 4.24. The molecule has 1 aromatic carbocycles. The quantitative estimate of drug-likeness (QED) is 0.808.